The van der Waals surface area contributed by atoms with E-state index in [9.17, 15) is 10.2 Å². The molecule has 0 saturated heterocycles. The van der Waals surface area contributed by atoms with Gasteiger partial charge in [-0.3, -0.25) is 0 Å². The van der Waals surface area contributed by atoms with E-state index in [1.807, 2.05) is 0 Å². The molecular formula is C18H23ClN8O2. The minimum absolute atomic E-state index is 0.0482. The highest BCUT2D eigenvalue weighted by Gasteiger charge is 2.23. The number of anilines is 2. The Morgan fingerprint density at radius 2 is 1.93 bits per heavy atom. The van der Waals surface area contributed by atoms with Crippen molar-refractivity contribution in [2.24, 2.45) is 12.8 Å². The Hall–Kier alpha value is -2.85. The number of aryl methyl sites for hydroxylation is 1. The molecular weight excluding hydrogens is 396 g/mol. The second kappa shape index (κ2) is 7.88. The first-order chi connectivity index (χ1) is 13.9. The maximum Gasteiger partial charge on any atom is 0.227 e. The zero-order valence-corrected chi connectivity index (χ0v) is 16.7. The van der Waals surface area contributed by atoms with Crippen LogP contribution >= 0.6 is 11.6 Å². The van der Waals surface area contributed by atoms with Crippen LogP contribution in [0.1, 0.15) is 31.2 Å². The number of rotatable bonds is 5. The number of halogens is 1. The van der Waals surface area contributed by atoms with Crippen LogP contribution in [0.3, 0.4) is 0 Å². The standard InChI is InChI=1S/C18H23ClN8O2/c1-27-17-15(25-26-27)16(21-8-10-13(28)6-9(19)7-14(10)29)23-18(24-17)22-12-5-3-2-4-11(12)20/h6-7,11-12,28-29H,2-5,8,20H2,1H3,(H2,21,22,23,24). The molecule has 10 nitrogen and oxygen atoms in total. The fourth-order valence-electron chi connectivity index (χ4n) is 3.57. The first-order valence-corrected chi connectivity index (χ1v) is 9.84. The summed E-state index contributed by atoms with van der Waals surface area (Å²) in [6.45, 7) is 0.111. The third-order valence-corrected chi connectivity index (χ3v) is 5.40. The number of phenolic OH excluding ortho intramolecular Hbond substituents is 2. The van der Waals surface area contributed by atoms with Gasteiger partial charge in [0, 0.05) is 30.7 Å². The highest BCUT2D eigenvalue weighted by Crippen LogP contribution is 2.32. The van der Waals surface area contributed by atoms with Crippen molar-refractivity contribution in [3.8, 4) is 11.5 Å². The van der Waals surface area contributed by atoms with E-state index in [0.29, 0.717) is 28.5 Å². The van der Waals surface area contributed by atoms with Crippen molar-refractivity contribution in [1.29, 1.82) is 0 Å². The van der Waals surface area contributed by atoms with Gasteiger partial charge in [0.25, 0.3) is 0 Å². The molecule has 1 fully saturated rings. The molecule has 11 heteroatoms. The molecule has 154 valence electrons. The van der Waals surface area contributed by atoms with Crippen molar-refractivity contribution in [3.63, 3.8) is 0 Å². The van der Waals surface area contributed by atoms with Crippen LogP contribution in [0.25, 0.3) is 11.2 Å². The maximum atomic E-state index is 10.1. The average Bonchev–Trinajstić information content (AvgIpc) is 3.04. The number of nitrogens with one attached hydrogen (secondary N) is 2. The molecule has 29 heavy (non-hydrogen) atoms. The Labute approximate surface area is 172 Å². The summed E-state index contributed by atoms with van der Waals surface area (Å²) in [6, 6.07) is 2.88. The molecule has 0 bridgehead atoms. The summed E-state index contributed by atoms with van der Waals surface area (Å²) in [5.74, 6) is 0.637. The molecule has 2 unspecified atom stereocenters. The first-order valence-electron chi connectivity index (χ1n) is 9.46. The van der Waals surface area contributed by atoms with Gasteiger partial charge in [0.1, 0.15) is 11.5 Å². The first kappa shape index (κ1) is 19.5. The molecule has 2 atom stereocenters. The zero-order valence-electron chi connectivity index (χ0n) is 15.9. The van der Waals surface area contributed by atoms with Crippen LogP contribution in [0.4, 0.5) is 11.8 Å². The van der Waals surface area contributed by atoms with Gasteiger partial charge < -0.3 is 26.6 Å². The number of nitrogens with zero attached hydrogens (tertiary/aromatic N) is 5. The highest BCUT2D eigenvalue weighted by atomic mass is 35.5. The lowest BCUT2D eigenvalue weighted by atomic mass is 9.91. The summed E-state index contributed by atoms with van der Waals surface area (Å²) in [6.07, 6.45) is 4.17. The molecule has 0 amide bonds. The largest absolute Gasteiger partial charge is 0.507 e. The second-order valence-electron chi connectivity index (χ2n) is 7.26. The Kier molecular flexibility index (Phi) is 5.29. The summed E-state index contributed by atoms with van der Waals surface area (Å²) in [4.78, 5) is 9.07. The van der Waals surface area contributed by atoms with Crippen molar-refractivity contribution in [1.82, 2.24) is 25.0 Å². The van der Waals surface area contributed by atoms with Gasteiger partial charge >= 0.3 is 0 Å². The van der Waals surface area contributed by atoms with Gasteiger partial charge in [-0.05, 0) is 25.0 Å². The van der Waals surface area contributed by atoms with Gasteiger partial charge in [0.05, 0.1) is 5.56 Å². The fraction of sp³-hybridized carbons (Fsp3) is 0.444. The Morgan fingerprint density at radius 1 is 1.21 bits per heavy atom. The number of hydrogen-bond acceptors (Lipinski definition) is 9. The number of benzene rings is 1. The van der Waals surface area contributed by atoms with Crippen LogP contribution in [-0.2, 0) is 13.6 Å². The number of aromatic nitrogens is 5. The van der Waals surface area contributed by atoms with Crippen LogP contribution in [-0.4, -0.2) is 47.3 Å². The number of fused-ring (bicyclic) bond motifs is 1. The van der Waals surface area contributed by atoms with Gasteiger partial charge in [-0.25, -0.2) is 4.68 Å². The number of phenols is 2. The van der Waals surface area contributed by atoms with Crippen molar-refractivity contribution in [3.05, 3.63) is 22.7 Å². The van der Waals surface area contributed by atoms with Crippen LogP contribution in [0.15, 0.2) is 12.1 Å². The molecule has 1 aliphatic carbocycles. The topological polar surface area (TPSA) is 147 Å². The van der Waals surface area contributed by atoms with Crippen LogP contribution in [0.5, 0.6) is 11.5 Å². The number of nitrogens with two attached hydrogens (primary N) is 1. The molecule has 6 N–H and O–H groups in total. The summed E-state index contributed by atoms with van der Waals surface area (Å²) in [7, 11) is 1.75. The lowest BCUT2D eigenvalue weighted by Crippen LogP contribution is -2.43. The van der Waals surface area contributed by atoms with Gasteiger partial charge in [0.15, 0.2) is 17.0 Å². The predicted octanol–water partition coefficient (Wildman–Crippen LogP) is 2.12. The smallest absolute Gasteiger partial charge is 0.227 e. The summed E-state index contributed by atoms with van der Waals surface area (Å²) in [5.41, 5.74) is 7.58. The molecule has 0 spiro atoms. The monoisotopic (exact) mass is 418 g/mol. The van der Waals surface area contributed by atoms with E-state index < -0.39 is 0 Å². The minimum atomic E-state index is -0.113. The van der Waals surface area contributed by atoms with E-state index in [0.717, 1.165) is 25.7 Å². The normalized spacial score (nSPS) is 19.4. The predicted molar refractivity (Wildman–Crippen MR) is 110 cm³/mol. The van der Waals surface area contributed by atoms with E-state index in [1.165, 1.54) is 12.1 Å². The van der Waals surface area contributed by atoms with Crippen molar-refractivity contribution in [2.45, 2.75) is 44.3 Å². The molecule has 0 aliphatic heterocycles. The minimum Gasteiger partial charge on any atom is -0.507 e. The molecule has 2 heterocycles. The summed E-state index contributed by atoms with van der Waals surface area (Å²) < 4.78 is 1.56. The van der Waals surface area contributed by atoms with Crippen molar-refractivity contribution < 1.29 is 10.2 Å². The number of aromatic hydroxyl groups is 2. The van der Waals surface area contributed by atoms with E-state index in [4.69, 9.17) is 17.3 Å². The SMILES string of the molecule is Cn1nnc2c(NCc3c(O)cc(Cl)cc3O)nc(NC3CCCCC3N)nc21. The van der Waals surface area contributed by atoms with Gasteiger partial charge in [-0.1, -0.05) is 29.7 Å². The summed E-state index contributed by atoms with van der Waals surface area (Å²) >= 11 is 5.84. The molecule has 1 saturated carbocycles. The fourth-order valence-corrected chi connectivity index (χ4v) is 3.78. The molecule has 1 aliphatic rings. The zero-order chi connectivity index (χ0) is 20.5. The second-order valence-corrected chi connectivity index (χ2v) is 7.69. The van der Waals surface area contributed by atoms with Gasteiger partial charge in [-0.15, -0.1) is 5.10 Å². The van der Waals surface area contributed by atoms with Crippen LogP contribution in [0, 0.1) is 0 Å². The van der Waals surface area contributed by atoms with Crippen molar-refractivity contribution in [2.75, 3.05) is 10.6 Å². The molecule has 2 aromatic heterocycles. The Bertz CT molecular complexity index is 1020. The molecule has 3 aromatic rings. The molecule has 1 aromatic carbocycles. The van der Waals surface area contributed by atoms with Gasteiger partial charge in [0.2, 0.25) is 5.95 Å². The lowest BCUT2D eigenvalue weighted by Gasteiger charge is -2.29. The Morgan fingerprint density at radius 3 is 2.66 bits per heavy atom. The highest BCUT2D eigenvalue weighted by molar-refractivity contribution is 6.30. The van der Waals surface area contributed by atoms with Crippen LogP contribution in [0.2, 0.25) is 5.02 Å². The van der Waals surface area contributed by atoms with E-state index >= 15 is 0 Å². The average molecular weight is 419 g/mol. The van der Waals surface area contributed by atoms with Gasteiger partial charge in [-0.2, -0.15) is 9.97 Å². The van der Waals surface area contributed by atoms with Crippen molar-refractivity contribution >= 4 is 34.5 Å². The summed E-state index contributed by atoms with van der Waals surface area (Å²) in [5, 5.41) is 35.0. The van der Waals surface area contributed by atoms with E-state index in [2.05, 4.69) is 30.9 Å². The molecule has 0 radical (unpaired) electrons. The van der Waals surface area contributed by atoms with E-state index in [1.54, 1.807) is 11.7 Å². The third-order valence-electron chi connectivity index (χ3n) is 5.19. The Balaban J connectivity index is 1.63. The maximum absolute atomic E-state index is 10.1. The van der Waals surface area contributed by atoms with E-state index in [-0.39, 0.29) is 35.2 Å². The quantitative estimate of drug-likeness (QED) is 0.420. The molecule has 4 rings (SSSR count). The lowest BCUT2D eigenvalue weighted by molar-refractivity contribution is 0.402. The third kappa shape index (κ3) is 3.99. The van der Waals surface area contributed by atoms with Crippen LogP contribution < -0.4 is 16.4 Å². The number of hydrogen-bond donors (Lipinski definition) is 5.